The molecule has 0 aromatic carbocycles. The number of nitro groups is 1. The van der Waals surface area contributed by atoms with Gasteiger partial charge in [0.1, 0.15) is 5.69 Å². The van der Waals surface area contributed by atoms with Gasteiger partial charge < -0.3 is 10.6 Å². The van der Waals surface area contributed by atoms with E-state index in [4.69, 9.17) is 0 Å². The minimum atomic E-state index is -0.483. The maximum absolute atomic E-state index is 11.6. The molecule has 1 aromatic heterocycles. The van der Waals surface area contributed by atoms with Gasteiger partial charge in [-0.2, -0.15) is 5.10 Å². The summed E-state index contributed by atoms with van der Waals surface area (Å²) in [5.41, 5.74) is 0.255. The standard InChI is InChI=1S/C12H21N5O3/c1-5-16-12(11(17(19)20)9(4)15-16)14-7-10(18)13-6-8(2)3/h8,14H,5-7H2,1-4H3,(H,13,18). The lowest BCUT2D eigenvalue weighted by Gasteiger charge is -2.09. The van der Waals surface area contributed by atoms with Gasteiger partial charge in [-0.1, -0.05) is 13.8 Å². The van der Waals surface area contributed by atoms with Gasteiger partial charge in [0.15, 0.2) is 0 Å². The van der Waals surface area contributed by atoms with Crippen molar-refractivity contribution in [3.63, 3.8) is 0 Å². The fourth-order valence-electron chi connectivity index (χ4n) is 1.74. The average Bonchev–Trinajstić information content (AvgIpc) is 2.69. The predicted octanol–water partition coefficient (Wildman–Crippen LogP) is 1.30. The number of aromatic nitrogens is 2. The molecular formula is C12H21N5O3. The van der Waals surface area contributed by atoms with Crippen LogP contribution in [0.3, 0.4) is 0 Å². The van der Waals surface area contributed by atoms with Gasteiger partial charge in [-0.15, -0.1) is 0 Å². The number of aryl methyl sites for hydroxylation is 2. The molecule has 0 saturated heterocycles. The van der Waals surface area contributed by atoms with Crippen LogP contribution in [0.1, 0.15) is 26.5 Å². The van der Waals surface area contributed by atoms with Gasteiger partial charge in [-0.3, -0.25) is 14.9 Å². The Morgan fingerprint density at radius 1 is 1.50 bits per heavy atom. The average molecular weight is 283 g/mol. The molecule has 0 aliphatic carbocycles. The lowest BCUT2D eigenvalue weighted by Crippen LogP contribution is -2.33. The van der Waals surface area contributed by atoms with Crippen LogP contribution in [-0.4, -0.2) is 33.7 Å². The summed E-state index contributed by atoms with van der Waals surface area (Å²) >= 11 is 0. The summed E-state index contributed by atoms with van der Waals surface area (Å²) < 4.78 is 1.49. The van der Waals surface area contributed by atoms with Gasteiger partial charge in [-0.25, -0.2) is 4.68 Å². The molecule has 1 rings (SSSR count). The van der Waals surface area contributed by atoms with E-state index >= 15 is 0 Å². The van der Waals surface area contributed by atoms with Crippen LogP contribution in [0.2, 0.25) is 0 Å². The number of anilines is 1. The molecule has 20 heavy (non-hydrogen) atoms. The molecule has 0 spiro atoms. The highest BCUT2D eigenvalue weighted by molar-refractivity contribution is 5.81. The molecule has 1 amide bonds. The number of carbonyl (C=O) groups excluding carboxylic acids is 1. The molecule has 0 fully saturated rings. The molecule has 1 aromatic rings. The van der Waals surface area contributed by atoms with E-state index in [0.717, 1.165) is 0 Å². The van der Waals surface area contributed by atoms with Crippen molar-refractivity contribution in [3.8, 4) is 0 Å². The predicted molar refractivity (Wildman–Crippen MR) is 75.6 cm³/mol. The van der Waals surface area contributed by atoms with E-state index in [2.05, 4.69) is 15.7 Å². The summed E-state index contributed by atoms with van der Waals surface area (Å²) in [5, 5.41) is 20.7. The Labute approximate surface area is 117 Å². The first kappa shape index (κ1) is 15.9. The van der Waals surface area contributed by atoms with E-state index in [0.29, 0.717) is 24.7 Å². The first-order chi connectivity index (χ1) is 9.36. The van der Waals surface area contributed by atoms with E-state index in [9.17, 15) is 14.9 Å². The van der Waals surface area contributed by atoms with E-state index in [-0.39, 0.29) is 24.0 Å². The third-order valence-corrected chi connectivity index (χ3v) is 2.70. The fourth-order valence-corrected chi connectivity index (χ4v) is 1.74. The topological polar surface area (TPSA) is 102 Å². The van der Waals surface area contributed by atoms with Crippen molar-refractivity contribution in [1.82, 2.24) is 15.1 Å². The lowest BCUT2D eigenvalue weighted by molar-refractivity contribution is -0.384. The van der Waals surface area contributed by atoms with Gasteiger partial charge >= 0.3 is 5.69 Å². The highest BCUT2D eigenvalue weighted by Gasteiger charge is 2.24. The Kier molecular flexibility index (Phi) is 5.48. The molecule has 0 unspecified atom stereocenters. The summed E-state index contributed by atoms with van der Waals surface area (Å²) in [6.07, 6.45) is 0. The molecule has 0 radical (unpaired) electrons. The van der Waals surface area contributed by atoms with Crippen LogP contribution in [0.4, 0.5) is 11.5 Å². The van der Waals surface area contributed by atoms with Gasteiger partial charge in [0, 0.05) is 13.1 Å². The van der Waals surface area contributed by atoms with Crippen LogP contribution in [-0.2, 0) is 11.3 Å². The van der Waals surface area contributed by atoms with E-state index in [1.165, 1.54) is 4.68 Å². The zero-order chi connectivity index (χ0) is 15.3. The van der Waals surface area contributed by atoms with Crippen LogP contribution in [0.5, 0.6) is 0 Å². The Morgan fingerprint density at radius 3 is 2.65 bits per heavy atom. The first-order valence-electron chi connectivity index (χ1n) is 6.59. The number of hydrogen-bond donors (Lipinski definition) is 2. The summed E-state index contributed by atoms with van der Waals surface area (Å²) in [6.45, 7) is 8.45. The van der Waals surface area contributed by atoms with Crippen molar-refractivity contribution in [2.45, 2.75) is 34.2 Å². The Hall–Kier alpha value is -2.12. The second-order valence-electron chi connectivity index (χ2n) is 4.91. The van der Waals surface area contributed by atoms with Gasteiger partial charge in [0.2, 0.25) is 11.7 Å². The van der Waals surface area contributed by atoms with Crippen LogP contribution in [0, 0.1) is 23.0 Å². The van der Waals surface area contributed by atoms with Gasteiger partial charge in [0.25, 0.3) is 0 Å². The number of hydrogen-bond acceptors (Lipinski definition) is 5. The second kappa shape index (κ2) is 6.88. The normalized spacial score (nSPS) is 10.7. The summed E-state index contributed by atoms with van der Waals surface area (Å²) in [6, 6.07) is 0. The van der Waals surface area contributed by atoms with Crippen LogP contribution < -0.4 is 10.6 Å². The highest BCUT2D eigenvalue weighted by Crippen LogP contribution is 2.27. The Balaban J connectivity index is 2.76. The minimum absolute atomic E-state index is 0.0152. The second-order valence-corrected chi connectivity index (χ2v) is 4.91. The Bertz CT molecular complexity index is 496. The van der Waals surface area contributed by atoms with Crippen molar-refractivity contribution in [2.75, 3.05) is 18.4 Å². The smallest absolute Gasteiger partial charge is 0.333 e. The number of nitrogens with one attached hydrogen (secondary N) is 2. The largest absolute Gasteiger partial charge is 0.355 e. The third-order valence-electron chi connectivity index (χ3n) is 2.70. The number of carbonyl (C=O) groups is 1. The molecular weight excluding hydrogens is 262 g/mol. The molecule has 0 atom stereocenters. The molecule has 8 nitrogen and oxygen atoms in total. The third kappa shape index (κ3) is 3.94. The van der Waals surface area contributed by atoms with Crippen molar-refractivity contribution in [3.05, 3.63) is 15.8 Å². The van der Waals surface area contributed by atoms with E-state index in [1.807, 2.05) is 20.8 Å². The fraction of sp³-hybridized carbons (Fsp3) is 0.667. The summed E-state index contributed by atoms with van der Waals surface area (Å²) in [5.74, 6) is 0.431. The molecule has 0 bridgehead atoms. The molecule has 0 aliphatic heterocycles. The number of rotatable bonds is 7. The summed E-state index contributed by atoms with van der Waals surface area (Å²) in [4.78, 5) is 22.2. The Morgan fingerprint density at radius 2 is 2.15 bits per heavy atom. The quantitative estimate of drug-likeness (QED) is 0.580. The number of amides is 1. The molecule has 0 saturated carbocycles. The maximum atomic E-state index is 11.6. The summed E-state index contributed by atoms with van der Waals surface area (Å²) in [7, 11) is 0. The van der Waals surface area contributed by atoms with Crippen LogP contribution in [0.25, 0.3) is 0 Å². The monoisotopic (exact) mass is 283 g/mol. The molecule has 1 heterocycles. The van der Waals surface area contributed by atoms with Crippen molar-refractivity contribution >= 4 is 17.4 Å². The van der Waals surface area contributed by atoms with Crippen molar-refractivity contribution < 1.29 is 9.72 Å². The first-order valence-corrected chi connectivity index (χ1v) is 6.59. The number of nitrogens with zero attached hydrogens (tertiary/aromatic N) is 3. The minimum Gasteiger partial charge on any atom is -0.355 e. The lowest BCUT2D eigenvalue weighted by atomic mass is 10.2. The molecule has 0 aliphatic rings. The maximum Gasteiger partial charge on any atom is 0.333 e. The zero-order valence-electron chi connectivity index (χ0n) is 12.3. The van der Waals surface area contributed by atoms with E-state index in [1.54, 1.807) is 6.92 Å². The molecule has 8 heteroatoms. The molecule has 112 valence electrons. The van der Waals surface area contributed by atoms with Gasteiger partial charge in [-0.05, 0) is 19.8 Å². The van der Waals surface area contributed by atoms with Gasteiger partial charge in [0.05, 0.1) is 11.5 Å². The van der Waals surface area contributed by atoms with Crippen LogP contribution >= 0.6 is 0 Å². The van der Waals surface area contributed by atoms with E-state index < -0.39 is 4.92 Å². The zero-order valence-corrected chi connectivity index (χ0v) is 12.3. The SMILES string of the molecule is CCn1nc(C)c([N+](=O)[O-])c1NCC(=O)NCC(C)C. The van der Waals surface area contributed by atoms with Crippen molar-refractivity contribution in [2.24, 2.45) is 5.92 Å². The van der Waals surface area contributed by atoms with Crippen LogP contribution in [0.15, 0.2) is 0 Å². The van der Waals surface area contributed by atoms with Crippen molar-refractivity contribution in [1.29, 1.82) is 0 Å². The highest BCUT2D eigenvalue weighted by atomic mass is 16.6. The molecule has 2 N–H and O–H groups in total.